The Morgan fingerprint density at radius 2 is 2.16 bits per heavy atom. The Balaban J connectivity index is 1.25. The number of halogens is 2. The molecule has 2 saturated heterocycles. The molecule has 1 amide bonds. The fraction of sp³-hybridized carbons (Fsp3) is 0.393. The number of nitrogens with zero attached hydrogens (tertiary/aromatic N) is 3. The first-order chi connectivity index (χ1) is 18.5. The Bertz CT molecular complexity index is 1380. The fourth-order valence-electron chi connectivity index (χ4n) is 5.59. The molecule has 6 rings (SSSR count). The molecule has 1 saturated carbocycles. The first-order valence-corrected chi connectivity index (χ1v) is 13.4. The first-order valence-electron chi connectivity index (χ1n) is 13.0. The number of hydrogen-bond acceptors (Lipinski definition) is 7. The highest BCUT2D eigenvalue weighted by Crippen LogP contribution is 2.37. The van der Waals surface area contributed by atoms with Gasteiger partial charge in [0.2, 0.25) is 5.91 Å². The SMILES string of the molecule is O=C(C=CCN1CC2CCC1C2)Nc1cc2c(Nc3ccc(F)c(Cl)c3)ncnc2cc1O[C@H]1CCOC1. The first kappa shape index (κ1) is 25.0. The van der Waals surface area contributed by atoms with Gasteiger partial charge in [-0.2, -0.15) is 0 Å². The lowest BCUT2D eigenvalue weighted by Gasteiger charge is -2.25. The number of rotatable bonds is 8. The zero-order valence-corrected chi connectivity index (χ0v) is 21.6. The van der Waals surface area contributed by atoms with E-state index in [9.17, 15) is 9.18 Å². The van der Waals surface area contributed by atoms with E-state index >= 15 is 0 Å². The number of likely N-dealkylation sites (tertiary alicyclic amines) is 1. The minimum atomic E-state index is -0.502. The number of aromatic nitrogens is 2. The van der Waals surface area contributed by atoms with E-state index in [-0.39, 0.29) is 17.0 Å². The number of amides is 1. The van der Waals surface area contributed by atoms with Crippen LogP contribution in [0.3, 0.4) is 0 Å². The van der Waals surface area contributed by atoms with Gasteiger partial charge in [-0.15, -0.1) is 0 Å². The second kappa shape index (κ2) is 10.8. The summed E-state index contributed by atoms with van der Waals surface area (Å²) in [6.07, 6.45) is 9.48. The molecule has 2 aliphatic heterocycles. The van der Waals surface area contributed by atoms with E-state index < -0.39 is 5.82 Å². The minimum Gasteiger partial charge on any atom is -0.486 e. The third-order valence-electron chi connectivity index (χ3n) is 7.49. The summed E-state index contributed by atoms with van der Waals surface area (Å²) in [6, 6.07) is 8.59. The quantitative estimate of drug-likeness (QED) is 0.376. The van der Waals surface area contributed by atoms with E-state index in [0.717, 1.165) is 25.4 Å². The molecule has 3 heterocycles. The Labute approximate surface area is 225 Å². The third-order valence-corrected chi connectivity index (χ3v) is 7.78. The lowest BCUT2D eigenvalue weighted by Crippen LogP contribution is -2.32. The van der Waals surface area contributed by atoms with E-state index in [1.54, 1.807) is 24.3 Å². The molecule has 1 aromatic heterocycles. The van der Waals surface area contributed by atoms with Crippen LogP contribution in [0.1, 0.15) is 25.7 Å². The van der Waals surface area contributed by atoms with Crippen LogP contribution in [0.2, 0.25) is 5.02 Å². The van der Waals surface area contributed by atoms with Gasteiger partial charge in [-0.25, -0.2) is 14.4 Å². The summed E-state index contributed by atoms with van der Waals surface area (Å²) in [4.78, 5) is 24.2. The number of carbonyl (C=O) groups is 1. The van der Waals surface area contributed by atoms with E-state index in [1.165, 1.54) is 37.7 Å². The number of anilines is 3. The molecule has 198 valence electrons. The largest absolute Gasteiger partial charge is 0.486 e. The van der Waals surface area contributed by atoms with Crippen molar-refractivity contribution in [1.82, 2.24) is 14.9 Å². The van der Waals surface area contributed by atoms with E-state index in [4.69, 9.17) is 21.1 Å². The minimum absolute atomic E-state index is 0.00401. The summed E-state index contributed by atoms with van der Waals surface area (Å²) in [5.74, 6) is 1.08. The molecular formula is C28H29ClFN5O3. The van der Waals surface area contributed by atoms with Gasteiger partial charge in [0.15, 0.2) is 0 Å². The predicted molar refractivity (Wildman–Crippen MR) is 145 cm³/mol. The van der Waals surface area contributed by atoms with Crippen LogP contribution in [0.15, 0.2) is 48.8 Å². The smallest absolute Gasteiger partial charge is 0.248 e. The maximum absolute atomic E-state index is 13.6. The molecule has 2 bridgehead atoms. The summed E-state index contributed by atoms with van der Waals surface area (Å²) in [5, 5.41) is 6.82. The lowest BCUT2D eigenvalue weighted by molar-refractivity contribution is -0.111. The Morgan fingerprint density at radius 1 is 1.24 bits per heavy atom. The van der Waals surface area contributed by atoms with Crippen molar-refractivity contribution >= 4 is 45.6 Å². The molecular weight excluding hydrogens is 509 g/mol. The number of piperidine rings is 1. The zero-order chi connectivity index (χ0) is 26.1. The average Bonchev–Trinajstić information content (AvgIpc) is 3.66. The van der Waals surface area contributed by atoms with Crippen LogP contribution in [0, 0.1) is 11.7 Å². The summed E-state index contributed by atoms with van der Waals surface area (Å²) >= 11 is 5.95. The molecule has 3 fully saturated rings. The van der Waals surface area contributed by atoms with Crippen LogP contribution in [-0.2, 0) is 9.53 Å². The summed E-state index contributed by atoms with van der Waals surface area (Å²) in [7, 11) is 0. The number of benzene rings is 2. The van der Waals surface area contributed by atoms with Crippen molar-refractivity contribution in [2.75, 3.05) is 36.9 Å². The number of nitrogens with one attached hydrogen (secondary N) is 2. The topological polar surface area (TPSA) is 88.6 Å². The molecule has 8 nitrogen and oxygen atoms in total. The molecule has 10 heteroatoms. The molecule has 0 spiro atoms. The second-order valence-electron chi connectivity index (χ2n) is 10.1. The van der Waals surface area contributed by atoms with Crippen LogP contribution in [0.5, 0.6) is 5.75 Å². The van der Waals surface area contributed by atoms with Crippen LogP contribution >= 0.6 is 11.6 Å². The van der Waals surface area contributed by atoms with Crippen LogP contribution in [0.25, 0.3) is 10.9 Å². The highest BCUT2D eigenvalue weighted by atomic mass is 35.5. The monoisotopic (exact) mass is 537 g/mol. The number of fused-ring (bicyclic) bond motifs is 3. The number of ether oxygens (including phenoxy) is 2. The molecule has 2 aromatic carbocycles. The molecule has 2 unspecified atom stereocenters. The van der Waals surface area contributed by atoms with Crippen molar-refractivity contribution in [3.63, 3.8) is 0 Å². The number of hydrogen-bond donors (Lipinski definition) is 2. The molecule has 2 N–H and O–H groups in total. The van der Waals surface area contributed by atoms with Crippen LogP contribution in [-0.4, -0.2) is 59.2 Å². The molecule has 1 aliphatic carbocycles. The maximum atomic E-state index is 13.6. The van der Waals surface area contributed by atoms with Crippen LogP contribution < -0.4 is 15.4 Å². The highest BCUT2D eigenvalue weighted by Gasteiger charge is 2.36. The van der Waals surface area contributed by atoms with Gasteiger partial charge in [-0.1, -0.05) is 17.7 Å². The van der Waals surface area contributed by atoms with Gasteiger partial charge < -0.3 is 20.1 Å². The van der Waals surface area contributed by atoms with Gasteiger partial charge in [0.05, 0.1) is 29.4 Å². The fourth-order valence-corrected chi connectivity index (χ4v) is 5.78. The van der Waals surface area contributed by atoms with Gasteiger partial charge in [0.25, 0.3) is 0 Å². The van der Waals surface area contributed by atoms with Gasteiger partial charge >= 0.3 is 0 Å². The summed E-state index contributed by atoms with van der Waals surface area (Å²) in [6.45, 7) is 3.03. The average molecular weight is 538 g/mol. The van der Waals surface area contributed by atoms with Crippen molar-refractivity contribution < 1.29 is 18.7 Å². The summed E-state index contributed by atoms with van der Waals surface area (Å²) in [5.41, 5.74) is 1.71. The Hall–Kier alpha value is -3.27. The second-order valence-corrected chi connectivity index (χ2v) is 10.5. The van der Waals surface area contributed by atoms with Crippen molar-refractivity contribution in [3.05, 3.63) is 59.7 Å². The number of carbonyl (C=O) groups excluding carboxylic acids is 1. The van der Waals surface area contributed by atoms with Gasteiger partial charge in [-0.05, 0) is 49.4 Å². The molecule has 38 heavy (non-hydrogen) atoms. The van der Waals surface area contributed by atoms with Crippen LogP contribution in [0.4, 0.5) is 21.6 Å². The van der Waals surface area contributed by atoms with Gasteiger partial charge in [-0.3, -0.25) is 9.69 Å². The van der Waals surface area contributed by atoms with E-state index in [1.807, 2.05) is 6.08 Å². The highest BCUT2D eigenvalue weighted by molar-refractivity contribution is 6.31. The standard InChI is InChI=1S/C28H29ClFN5O3/c29-22-11-18(4-6-23(22)30)33-28-21-12-25(26(13-24(21)31-16-32-28)38-20-7-9-37-15-20)34-27(36)2-1-8-35-14-17-3-5-19(35)10-17/h1-2,4,6,11-13,16-17,19-20H,3,5,7-10,14-15H2,(H,34,36)(H,31,32,33)/t17?,19?,20-/m0/s1. The van der Waals surface area contributed by atoms with Crippen molar-refractivity contribution in [2.45, 2.75) is 37.8 Å². The van der Waals surface area contributed by atoms with Crippen molar-refractivity contribution in [2.24, 2.45) is 5.92 Å². The van der Waals surface area contributed by atoms with Gasteiger partial charge in [0.1, 0.15) is 29.8 Å². The molecule has 0 radical (unpaired) electrons. The summed E-state index contributed by atoms with van der Waals surface area (Å²) < 4.78 is 25.3. The van der Waals surface area contributed by atoms with Crippen molar-refractivity contribution in [1.29, 1.82) is 0 Å². The normalized spacial score (nSPS) is 22.9. The Morgan fingerprint density at radius 3 is 2.92 bits per heavy atom. The van der Waals surface area contributed by atoms with Crippen molar-refractivity contribution in [3.8, 4) is 5.75 Å². The van der Waals surface area contributed by atoms with E-state index in [2.05, 4.69) is 25.5 Å². The third kappa shape index (κ3) is 5.45. The zero-order valence-electron chi connectivity index (χ0n) is 20.8. The molecule has 3 atom stereocenters. The molecule has 3 aliphatic rings. The lowest BCUT2D eigenvalue weighted by atomic mass is 10.1. The Kier molecular flexibility index (Phi) is 7.14. The maximum Gasteiger partial charge on any atom is 0.248 e. The predicted octanol–water partition coefficient (Wildman–Crippen LogP) is 5.31. The van der Waals surface area contributed by atoms with E-state index in [0.29, 0.717) is 53.1 Å². The van der Waals surface area contributed by atoms with Gasteiger partial charge in [0, 0.05) is 48.8 Å². The molecule has 3 aromatic rings.